The number of nitrogens with zero attached hydrogens (tertiary/aromatic N) is 1. The minimum atomic E-state index is -0.600. The highest BCUT2D eigenvalue weighted by molar-refractivity contribution is 5.42. The SMILES string of the molecule is CC.Cc1ncc(CCO)c2c1OC(C)(C)OC2. The van der Waals surface area contributed by atoms with Crippen LogP contribution in [0.1, 0.15) is 44.5 Å². The molecule has 0 fully saturated rings. The number of fused-ring (bicyclic) bond motifs is 1. The third-order valence-electron chi connectivity index (χ3n) is 2.70. The molecule has 1 aliphatic heterocycles. The Balaban J connectivity index is 0.000000771. The van der Waals surface area contributed by atoms with Crippen molar-refractivity contribution in [3.05, 3.63) is 23.0 Å². The average molecular weight is 253 g/mol. The molecule has 0 saturated heterocycles. The van der Waals surface area contributed by atoms with Gasteiger partial charge in [-0.15, -0.1) is 0 Å². The molecule has 0 bridgehead atoms. The van der Waals surface area contributed by atoms with E-state index in [1.165, 1.54) is 0 Å². The third-order valence-corrected chi connectivity index (χ3v) is 2.70. The molecule has 1 aromatic rings. The molecule has 0 atom stereocenters. The van der Waals surface area contributed by atoms with Gasteiger partial charge < -0.3 is 14.6 Å². The van der Waals surface area contributed by atoms with E-state index in [0.29, 0.717) is 13.0 Å². The van der Waals surface area contributed by atoms with Gasteiger partial charge in [-0.3, -0.25) is 4.98 Å². The van der Waals surface area contributed by atoms with Gasteiger partial charge in [-0.25, -0.2) is 0 Å². The summed E-state index contributed by atoms with van der Waals surface area (Å²) in [6.45, 7) is 10.3. The normalized spacial score (nSPS) is 16.1. The number of hydrogen-bond donors (Lipinski definition) is 1. The van der Waals surface area contributed by atoms with Crippen molar-refractivity contribution in [2.75, 3.05) is 6.61 Å². The molecular weight excluding hydrogens is 230 g/mol. The first-order chi connectivity index (χ1) is 8.53. The molecule has 0 saturated carbocycles. The van der Waals surface area contributed by atoms with E-state index in [0.717, 1.165) is 22.6 Å². The van der Waals surface area contributed by atoms with E-state index in [1.807, 2.05) is 34.6 Å². The standard InChI is InChI=1S/C12H17NO3.C2H6/c1-8-11-10(7-15-12(2,3)16-11)9(4-5-14)6-13-8;1-2/h6,14H,4-5,7H2,1-3H3;1-2H3. The number of aryl methyl sites for hydroxylation is 1. The fraction of sp³-hybridized carbons (Fsp3) is 0.643. The molecule has 1 N–H and O–H groups in total. The Morgan fingerprint density at radius 3 is 2.67 bits per heavy atom. The molecule has 0 spiro atoms. The molecule has 1 aromatic heterocycles. The monoisotopic (exact) mass is 253 g/mol. The Labute approximate surface area is 109 Å². The number of pyridine rings is 1. The van der Waals surface area contributed by atoms with Crippen LogP contribution >= 0.6 is 0 Å². The summed E-state index contributed by atoms with van der Waals surface area (Å²) >= 11 is 0. The second kappa shape index (κ2) is 6.16. The third kappa shape index (κ3) is 3.21. The summed E-state index contributed by atoms with van der Waals surface area (Å²) in [7, 11) is 0. The zero-order valence-electron chi connectivity index (χ0n) is 11.9. The van der Waals surface area contributed by atoms with Gasteiger partial charge in [0.15, 0.2) is 0 Å². The maximum Gasteiger partial charge on any atom is 0.205 e. The Kier molecular flexibility index (Phi) is 5.11. The minimum absolute atomic E-state index is 0.112. The summed E-state index contributed by atoms with van der Waals surface area (Å²) in [5.74, 6) is 0.208. The number of aliphatic hydroxyl groups is 1. The Bertz CT molecular complexity index is 402. The zero-order valence-corrected chi connectivity index (χ0v) is 11.9. The van der Waals surface area contributed by atoms with E-state index in [4.69, 9.17) is 14.6 Å². The van der Waals surface area contributed by atoms with E-state index < -0.39 is 5.79 Å². The summed E-state index contributed by atoms with van der Waals surface area (Å²) in [6, 6.07) is 0. The Morgan fingerprint density at radius 1 is 1.39 bits per heavy atom. The van der Waals surface area contributed by atoms with Gasteiger partial charge in [0.25, 0.3) is 0 Å². The first kappa shape index (κ1) is 14.9. The lowest BCUT2D eigenvalue weighted by molar-refractivity contribution is -0.180. The highest BCUT2D eigenvalue weighted by Crippen LogP contribution is 2.35. The second-order valence-electron chi connectivity index (χ2n) is 4.44. The van der Waals surface area contributed by atoms with E-state index in [9.17, 15) is 0 Å². The van der Waals surface area contributed by atoms with Crippen LogP contribution in [-0.4, -0.2) is 22.5 Å². The quantitative estimate of drug-likeness (QED) is 0.880. The summed E-state index contributed by atoms with van der Waals surface area (Å²) in [6.07, 6.45) is 2.37. The first-order valence-corrected chi connectivity index (χ1v) is 6.44. The van der Waals surface area contributed by atoms with Crippen molar-refractivity contribution in [3.8, 4) is 5.75 Å². The van der Waals surface area contributed by atoms with E-state index >= 15 is 0 Å². The predicted octanol–water partition coefficient (Wildman–Crippen LogP) is 2.60. The van der Waals surface area contributed by atoms with Crippen molar-refractivity contribution < 1.29 is 14.6 Å². The van der Waals surface area contributed by atoms with Gasteiger partial charge in [-0.05, 0) is 18.9 Å². The average Bonchev–Trinajstić information content (AvgIpc) is 2.35. The number of aliphatic hydroxyl groups excluding tert-OH is 1. The van der Waals surface area contributed by atoms with Crippen molar-refractivity contribution in [2.24, 2.45) is 0 Å². The van der Waals surface area contributed by atoms with Crippen LogP contribution in [0.15, 0.2) is 6.20 Å². The van der Waals surface area contributed by atoms with E-state index in [2.05, 4.69) is 4.98 Å². The van der Waals surface area contributed by atoms with Crippen molar-refractivity contribution in [1.29, 1.82) is 0 Å². The zero-order chi connectivity index (χ0) is 13.8. The van der Waals surface area contributed by atoms with Crippen LogP contribution in [0.4, 0.5) is 0 Å². The van der Waals surface area contributed by atoms with Crippen molar-refractivity contribution in [2.45, 2.75) is 53.4 Å². The number of hydrogen-bond acceptors (Lipinski definition) is 4. The fourth-order valence-electron chi connectivity index (χ4n) is 1.83. The van der Waals surface area contributed by atoms with Crippen LogP contribution in [-0.2, 0) is 17.8 Å². The van der Waals surface area contributed by atoms with Crippen LogP contribution in [0, 0.1) is 6.92 Å². The number of ether oxygens (including phenoxy) is 2. The van der Waals surface area contributed by atoms with Gasteiger partial charge in [0.05, 0.1) is 12.3 Å². The van der Waals surface area contributed by atoms with Gasteiger partial charge in [0, 0.05) is 32.2 Å². The van der Waals surface area contributed by atoms with Crippen LogP contribution < -0.4 is 4.74 Å². The van der Waals surface area contributed by atoms with Gasteiger partial charge in [0.1, 0.15) is 5.75 Å². The lowest BCUT2D eigenvalue weighted by atomic mass is 10.0. The molecule has 4 nitrogen and oxygen atoms in total. The first-order valence-electron chi connectivity index (χ1n) is 6.44. The number of rotatable bonds is 2. The van der Waals surface area contributed by atoms with Crippen molar-refractivity contribution in [1.82, 2.24) is 4.98 Å². The molecule has 102 valence electrons. The Hall–Kier alpha value is -1.13. The smallest absolute Gasteiger partial charge is 0.205 e. The molecule has 0 radical (unpaired) electrons. The van der Waals surface area contributed by atoms with Crippen molar-refractivity contribution in [3.63, 3.8) is 0 Å². The molecule has 0 aliphatic carbocycles. The molecule has 1 aliphatic rings. The van der Waals surface area contributed by atoms with Gasteiger partial charge >= 0.3 is 0 Å². The summed E-state index contributed by atoms with van der Waals surface area (Å²) in [4.78, 5) is 4.28. The lowest BCUT2D eigenvalue weighted by Crippen LogP contribution is -2.36. The van der Waals surface area contributed by atoms with Crippen LogP contribution in [0.2, 0.25) is 0 Å². The highest BCUT2D eigenvalue weighted by atomic mass is 16.7. The van der Waals surface area contributed by atoms with Gasteiger partial charge in [-0.1, -0.05) is 13.8 Å². The molecule has 18 heavy (non-hydrogen) atoms. The molecule has 2 heterocycles. The second-order valence-corrected chi connectivity index (χ2v) is 4.44. The van der Waals surface area contributed by atoms with Gasteiger partial charge in [0.2, 0.25) is 5.79 Å². The lowest BCUT2D eigenvalue weighted by Gasteiger charge is -2.34. The Morgan fingerprint density at radius 2 is 2.06 bits per heavy atom. The van der Waals surface area contributed by atoms with Crippen LogP contribution in [0.5, 0.6) is 5.75 Å². The number of aromatic nitrogens is 1. The molecule has 2 rings (SSSR count). The minimum Gasteiger partial charge on any atom is -0.461 e. The summed E-state index contributed by atoms with van der Waals surface area (Å²) in [5, 5.41) is 8.98. The summed E-state index contributed by atoms with van der Waals surface area (Å²) in [5.41, 5.74) is 2.88. The van der Waals surface area contributed by atoms with Crippen LogP contribution in [0.3, 0.4) is 0 Å². The van der Waals surface area contributed by atoms with E-state index in [1.54, 1.807) is 6.20 Å². The molecule has 0 amide bonds. The predicted molar refractivity (Wildman–Crippen MR) is 70.6 cm³/mol. The molecule has 0 unspecified atom stereocenters. The maximum absolute atomic E-state index is 8.98. The van der Waals surface area contributed by atoms with Crippen LogP contribution in [0.25, 0.3) is 0 Å². The maximum atomic E-state index is 8.98. The topological polar surface area (TPSA) is 51.6 Å². The molecular formula is C14H23NO3. The van der Waals surface area contributed by atoms with E-state index in [-0.39, 0.29) is 6.61 Å². The summed E-state index contributed by atoms with van der Waals surface area (Å²) < 4.78 is 11.4. The highest BCUT2D eigenvalue weighted by Gasteiger charge is 2.30. The van der Waals surface area contributed by atoms with Crippen molar-refractivity contribution >= 4 is 0 Å². The fourth-order valence-corrected chi connectivity index (χ4v) is 1.83. The largest absolute Gasteiger partial charge is 0.461 e. The van der Waals surface area contributed by atoms with Gasteiger partial charge in [-0.2, -0.15) is 0 Å². The molecule has 0 aromatic carbocycles. The molecule has 4 heteroatoms.